The Bertz CT molecular complexity index is 165. The molecule has 5 N–H and O–H groups in total. The summed E-state index contributed by atoms with van der Waals surface area (Å²) in [5, 5.41) is 8.53. The Morgan fingerprint density at radius 2 is 2.00 bits per heavy atom. The highest BCUT2D eigenvalue weighted by Gasteiger charge is 2.38. The van der Waals surface area contributed by atoms with Crippen LogP contribution in [0.1, 0.15) is 13.3 Å². The highest BCUT2D eigenvalue weighted by Crippen LogP contribution is 2.06. The minimum absolute atomic E-state index is 0.0301. The molecule has 0 aromatic carbocycles. The van der Waals surface area contributed by atoms with Gasteiger partial charge in [-0.3, -0.25) is 4.79 Å². The summed E-state index contributed by atoms with van der Waals surface area (Å²) in [6.07, 6.45) is -0.0301. The van der Waals surface area contributed by atoms with Crippen molar-refractivity contribution in [1.82, 2.24) is 0 Å². The van der Waals surface area contributed by atoms with Crippen LogP contribution < -0.4 is 11.5 Å². The number of rotatable bonds is 4. The molecule has 0 amide bonds. The zero-order chi connectivity index (χ0) is 9.07. The molecule has 0 aromatic rings. The molecule has 0 saturated carbocycles. The fourth-order valence-electron chi connectivity index (χ4n) is 0.661. The number of carboxylic acid groups (broad SMARTS) is 1. The number of ketones is 1. The molecule has 5 nitrogen and oxygen atoms in total. The molecule has 0 spiro atoms. The average molecular weight is 160 g/mol. The van der Waals surface area contributed by atoms with Crippen molar-refractivity contribution in [2.45, 2.75) is 18.9 Å². The van der Waals surface area contributed by atoms with Gasteiger partial charge in [-0.05, 0) is 19.9 Å². The first-order chi connectivity index (χ1) is 4.95. The molecule has 0 aliphatic rings. The van der Waals surface area contributed by atoms with E-state index in [1.165, 1.54) is 0 Å². The first-order valence-corrected chi connectivity index (χ1v) is 3.18. The van der Waals surface area contributed by atoms with Crippen LogP contribution in [-0.4, -0.2) is 28.9 Å². The SMILES string of the molecule is CC(=O)C(N)(CCN)C(=O)O. The second kappa shape index (κ2) is 3.45. The molecule has 0 saturated heterocycles. The molecule has 0 rings (SSSR count). The Balaban J connectivity index is 4.52. The quantitative estimate of drug-likeness (QED) is 0.443. The number of hydrogen-bond donors (Lipinski definition) is 3. The first-order valence-electron chi connectivity index (χ1n) is 3.18. The van der Waals surface area contributed by atoms with Gasteiger partial charge in [0.15, 0.2) is 11.3 Å². The van der Waals surface area contributed by atoms with Gasteiger partial charge in [0.25, 0.3) is 0 Å². The van der Waals surface area contributed by atoms with Crippen molar-refractivity contribution in [2.24, 2.45) is 11.5 Å². The molecular formula is C6H12N2O3. The summed E-state index contributed by atoms with van der Waals surface area (Å²) in [6, 6.07) is 0. The van der Waals surface area contributed by atoms with Gasteiger partial charge >= 0.3 is 5.97 Å². The van der Waals surface area contributed by atoms with E-state index in [1.807, 2.05) is 0 Å². The summed E-state index contributed by atoms with van der Waals surface area (Å²) in [5.74, 6) is -1.90. The fraction of sp³-hybridized carbons (Fsp3) is 0.667. The summed E-state index contributed by atoms with van der Waals surface area (Å²) in [6.45, 7) is 1.23. The smallest absolute Gasteiger partial charge is 0.331 e. The van der Waals surface area contributed by atoms with E-state index in [0.717, 1.165) is 6.92 Å². The van der Waals surface area contributed by atoms with Crippen molar-refractivity contribution in [3.63, 3.8) is 0 Å². The highest BCUT2D eigenvalue weighted by molar-refractivity contribution is 6.06. The average Bonchev–Trinajstić information content (AvgIpc) is 1.87. The van der Waals surface area contributed by atoms with Gasteiger partial charge in [0.05, 0.1) is 0 Å². The van der Waals surface area contributed by atoms with Crippen molar-refractivity contribution in [2.75, 3.05) is 6.54 Å². The van der Waals surface area contributed by atoms with E-state index in [1.54, 1.807) is 0 Å². The number of carbonyl (C=O) groups excluding carboxylic acids is 1. The third-order valence-corrected chi connectivity index (χ3v) is 1.55. The van der Waals surface area contributed by atoms with E-state index < -0.39 is 17.3 Å². The third-order valence-electron chi connectivity index (χ3n) is 1.55. The van der Waals surface area contributed by atoms with Crippen molar-refractivity contribution >= 4 is 11.8 Å². The van der Waals surface area contributed by atoms with E-state index in [-0.39, 0.29) is 13.0 Å². The summed E-state index contributed by atoms with van der Waals surface area (Å²) in [5.41, 5.74) is 8.56. The summed E-state index contributed by atoms with van der Waals surface area (Å²) in [7, 11) is 0. The number of nitrogens with two attached hydrogens (primary N) is 2. The van der Waals surface area contributed by atoms with Gasteiger partial charge < -0.3 is 16.6 Å². The number of carbonyl (C=O) groups is 2. The molecule has 5 heteroatoms. The summed E-state index contributed by atoms with van der Waals surface area (Å²) >= 11 is 0. The second-order valence-electron chi connectivity index (χ2n) is 2.37. The Labute approximate surface area is 64.4 Å². The minimum Gasteiger partial charge on any atom is -0.480 e. The largest absolute Gasteiger partial charge is 0.480 e. The molecule has 11 heavy (non-hydrogen) atoms. The maximum atomic E-state index is 10.7. The lowest BCUT2D eigenvalue weighted by Gasteiger charge is -2.19. The normalized spacial score (nSPS) is 15.5. The van der Waals surface area contributed by atoms with Crippen molar-refractivity contribution in [3.05, 3.63) is 0 Å². The molecule has 0 heterocycles. The molecule has 0 bridgehead atoms. The van der Waals surface area contributed by atoms with E-state index >= 15 is 0 Å². The van der Waals surface area contributed by atoms with Gasteiger partial charge in [0.2, 0.25) is 0 Å². The molecule has 0 aliphatic heterocycles. The number of hydrogen-bond acceptors (Lipinski definition) is 4. The molecule has 0 radical (unpaired) electrons. The van der Waals surface area contributed by atoms with Crippen LogP contribution in [0.4, 0.5) is 0 Å². The van der Waals surface area contributed by atoms with Gasteiger partial charge in [0, 0.05) is 0 Å². The predicted molar refractivity (Wildman–Crippen MR) is 38.9 cm³/mol. The zero-order valence-corrected chi connectivity index (χ0v) is 6.33. The van der Waals surface area contributed by atoms with Crippen LogP contribution in [0.5, 0.6) is 0 Å². The number of Topliss-reactive ketones (excluding diaryl/α,β-unsaturated/α-hetero) is 1. The number of aliphatic carboxylic acids is 1. The van der Waals surface area contributed by atoms with Crippen LogP contribution >= 0.6 is 0 Å². The van der Waals surface area contributed by atoms with Crippen LogP contribution in [0.3, 0.4) is 0 Å². The predicted octanol–water partition coefficient (Wildman–Crippen LogP) is -1.29. The molecule has 0 aliphatic carbocycles. The molecule has 1 atom stereocenters. The standard InChI is InChI=1S/C6H12N2O3/c1-4(9)6(8,2-3-7)5(10)11/h2-3,7-8H2,1H3,(H,10,11). The van der Waals surface area contributed by atoms with Crippen LogP contribution in [0.2, 0.25) is 0 Å². The Hall–Kier alpha value is -0.940. The van der Waals surface area contributed by atoms with E-state index in [2.05, 4.69) is 0 Å². The van der Waals surface area contributed by atoms with Gasteiger partial charge in [-0.1, -0.05) is 0 Å². The Morgan fingerprint density at radius 3 is 2.09 bits per heavy atom. The third kappa shape index (κ3) is 1.99. The molecule has 0 aromatic heterocycles. The van der Waals surface area contributed by atoms with E-state index in [0.29, 0.717) is 0 Å². The van der Waals surface area contributed by atoms with E-state index in [4.69, 9.17) is 16.6 Å². The van der Waals surface area contributed by atoms with Gasteiger partial charge in [0.1, 0.15) is 0 Å². The first kappa shape index (κ1) is 10.1. The van der Waals surface area contributed by atoms with E-state index in [9.17, 15) is 9.59 Å². The summed E-state index contributed by atoms with van der Waals surface area (Å²) < 4.78 is 0. The van der Waals surface area contributed by atoms with Crippen molar-refractivity contribution in [3.8, 4) is 0 Å². The van der Waals surface area contributed by atoms with Crippen LogP contribution in [0, 0.1) is 0 Å². The molecule has 64 valence electrons. The molecular weight excluding hydrogens is 148 g/mol. The Kier molecular flexibility index (Phi) is 3.16. The summed E-state index contributed by atoms with van der Waals surface area (Å²) in [4.78, 5) is 21.2. The lowest BCUT2D eigenvalue weighted by atomic mass is 9.92. The topological polar surface area (TPSA) is 106 Å². The fourth-order valence-corrected chi connectivity index (χ4v) is 0.661. The second-order valence-corrected chi connectivity index (χ2v) is 2.37. The van der Waals surface area contributed by atoms with Crippen molar-refractivity contribution in [1.29, 1.82) is 0 Å². The van der Waals surface area contributed by atoms with Crippen LogP contribution in [0.25, 0.3) is 0 Å². The number of carboxylic acids is 1. The minimum atomic E-state index is -1.80. The lowest BCUT2D eigenvalue weighted by Crippen LogP contribution is -2.55. The monoisotopic (exact) mass is 160 g/mol. The van der Waals surface area contributed by atoms with Crippen LogP contribution in [-0.2, 0) is 9.59 Å². The maximum Gasteiger partial charge on any atom is 0.331 e. The lowest BCUT2D eigenvalue weighted by molar-refractivity contribution is -0.147. The molecule has 0 fully saturated rings. The van der Waals surface area contributed by atoms with Crippen LogP contribution in [0.15, 0.2) is 0 Å². The highest BCUT2D eigenvalue weighted by atomic mass is 16.4. The molecule has 1 unspecified atom stereocenters. The van der Waals surface area contributed by atoms with Gasteiger partial charge in [-0.15, -0.1) is 0 Å². The Morgan fingerprint density at radius 1 is 1.55 bits per heavy atom. The maximum absolute atomic E-state index is 10.7. The van der Waals surface area contributed by atoms with Gasteiger partial charge in [-0.2, -0.15) is 0 Å². The zero-order valence-electron chi connectivity index (χ0n) is 6.33. The van der Waals surface area contributed by atoms with Gasteiger partial charge in [-0.25, -0.2) is 4.79 Å². The van der Waals surface area contributed by atoms with Crippen molar-refractivity contribution < 1.29 is 14.7 Å².